The van der Waals surface area contributed by atoms with Crippen LogP contribution in [0.4, 0.5) is 5.69 Å². The van der Waals surface area contributed by atoms with Gasteiger partial charge < -0.3 is 10.2 Å². The first-order valence-electron chi connectivity index (χ1n) is 12.0. The lowest BCUT2D eigenvalue weighted by molar-refractivity contribution is -0.140. The third-order valence-corrected chi connectivity index (χ3v) is 8.20. The van der Waals surface area contributed by atoms with Crippen LogP contribution in [0.3, 0.4) is 0 Å². The van der Waals surface area contributed by atoms with Crippen molar-refractivity contribution in [2.45, 2.75) is 50.6 Å². The summed E-state index contributed by atoms with van der Waals surface area (Å²) in [5.41, 5.74) is 1.58. The molecular formula is C27H31N3O4S. The second-order valence-corrected chi connectivity index (χ2v) is 10.6. The van der Waals surface area contributed by atoms with Gasteiger partial charge in [-0.3, -0.25) is 13.9 Å². The number of carbonyl (C=O) groups excluding carboxylic acids is 2. The van der Waals surface area contributed by atoms with Crippen molar-refractivity contribution in [1.82, 2.24) is 10.2 Å². The Morgan fingerprint density at radius 1 is 1.00 bits per heavy atom. The van der Waals surface area contributed by atoms with Crippen LogP contribution in [0.25, 0.3) is 10.8 Å². The van der Waals surface area contributed by atoms with Crippen LogP contribution in [0.1, 0.15) is 38.7 Å². The average molecular weight is 494 g/mol. The molecule has 1 aliphatic heterocycles. The molecule has 0 saturated carbocycles. The van der Waals surface area contributed by atoms with Gasteiger partial charge in [-0.15, -0.1) is 0 Å². The van der Waals surface area contributed by atoms with E-state index in [-0.39, 0.29) is 24.8 Å². The molecule has 1 aliphatic rings. The molecule has 0 bridgehead atoms. The van der Waals surface area contributed by atoms with Crippen LogP contribution in [-0.4, -0.2) is 44.3 Å². The van der Waals surface area contributed by atoms with Crippen molar-refractivity contribution in [3.05, 3.63) is 72.3 Å². The van der Waals surface area contributed by atoms with Gasteiger partial charge in [0.1, 0.15) is 6.04 Å². The lowest BCUT2D eigenvalue weighted by Gasteiger charge is -2.29. The molecule has 3 aromatic rings. The molecule has 0 fully saturated rings. The van der Waals surface area contributed by atoms with E-state index >= 15 is 0 Å². The normalized spacial score (nSPS) is 14.6. The summed E-state index contributed by atoms with van der Waals surface area (Å²) in [6.45, 7) is 4.76. The van der Waals surface area contributed by atoms with Crippen LogP contribution < -0.4 is 9.62 Å². The van der Waals surface area contributed by atoms with Gasteiger partial charge in [0.05, 0.1) is 10.6 Å². The maximum atomic E-state index is 13.3. The molecule has 0 radical (unpaired) electrons. The summed E-state index contributed by atoms with van der Waals surface area (Å²) in [6.07, 6.45) is 1.29. The summed E-state index contributed by atoms with van der Waals surface area (Å²) in [6, 6.07) is 19.7. The molecule has 0 spiro atoms. The zero-order valence-corrected chi connectivity index (χ0v) is 20.9. The minimum atomic E-state index is -3.66. The quantitative estimate of drug-likeness (QED) is 0.461. The standard InChI is InChI=1S/C27H31N3O4S/c1-3-17-28-27(32)20(2)29(19-21-10-5-4-6-11-21)25(31)16-9-18-30-23-14-7-12-22-13-8-15-24(26(22)23)35(30,33)34/h4-8,10-15,20H,3,9,16-19H2,1-2H3,(H,28,32). The van der Waals surface area contributed by atoms with Crippen LogP contribution in [0, 0.1) is 0 Å². The molecule has 1 N–H and O–H groups in total. The number of hydrogen-bond donors (Lipinski definition) is 1. The maximum absolute atomic E-state index is 13.3. The predicted octanol–water partition coefficient (Wildman–Crippen LogP) is 4.07. The molecule has 1 unspecified atom stereocenters. The Bertz CT molecular complexity index is 1320. The fourth-order valence-corrected chi connectivity index (χ4v) is 6.22. The summed E-state index contributed by atoms with van der Waals surface area (Å²) >= 11 is 0. The number of hydrogen-bond acceptors (Lipinski definition) is 4. The summed E-state index contributed by atoms with van der Waals surface area (Å²) in [4.78, 5) is 27.8. The third kappa shape index (κ3) is 5.03. The van der Waals surface area contributed by atoms with E-state index < -0.39 is 16.1 Å². The number of carbonyl (C=O) groups is 2. The monoisotopic (exact) mass is 493 g/mol. The highest BCUT2D eigenvalue weighted by atomic mass is 32.2. The van der Waals surface area contributed by atoms with Crippen molar-refractivity contribution in [2.75, 3.05) is 17.4 Å². The molecule has 184 valence electrons. The van der Waals surface area contributed by atoms with E-state index in [1.807, 2.05) is 55.5 Å². The fraction of sp³-hybridized carbons (Fsp3) is 0.333. The van der Waals surface area contributed by atoms with Crippen LogP contribution in [0.15, 0.2) is 71.6 Å². The highest BCUT2D eigenvalue weighted by Gasteiger charge is 2.35. The molecule has 4 rings (SSSR count). The Hall–Kier alpha value is -3.39. The Morgan fingerprint density at radius 2 is 1.71 bits per heavy atom. The van der Waals surface area contributed by atoms with Crippen LogP contribution in [0.5, 0.6) is 0 Å². The first kappa shape index (κ1) is 24.7. The van der Waals surface area contributed by atoms with E-state index in [9.17, 15) is 18.0 Å². The number of nitrogens with zero attached hydrogens (tertiary/aromatic N) is 2. The van der Waals surface area contributed by atoms with Crippen molar-refractivity contribution in [3.63, 3.8) is 0 Å². The predicted molar refractivity (Wildman–Crippen MR) is 137 cm³/mol. The lowest BCUT2D eigenvalue weighted by atomic mass is 10.1. The van der Waals surface area contributed by atoms with E-state index in [1.165, 1.54) is 4.31 Å². The zero-order chi connectivity index (χ0) is 25.0. The van der Waals surface area contributed by atoms with Gasteiger partial charge in [-0.1, -0.05) is 61.5 Å². The van der Waals surface area contributed by atoms with Crippen LogP contribution in [-0.2, 0) is 26.2 Å². The van der Waals surface area contributed by atoms with Crippen LogP contribution in [0.2, 0.25) is 0 Å². The van der Waals surface area contributed by atoms with E-state index in [0.717, 1.165) is 22.8 Å². The van der Waals surface area contributed by atoms with Gasteiger partial charge in [0.25, 0.3) is 10.0 Å². The number of nitrogens with one attached hydrogen (secondary N) is 1. The first-order valence-corrected chi connectivity index (χ1v) is 13.4. The van der Waals surface area contributed by atoms with Gasteiger partial charge in [0, 0.05) is 31.4 Å². The maximum Gasteiger partial charge on any atom is 0.265 e. The molecule has 0 aromatic heterocycles. The molecule has 1 heterocycles. The molecule has 35 heavy (non-hydrogen) atoms. The third-order valence-electron chi connectivity index (χ3n) is 6.35. The molecule has 2 amide bonds. The fourth-order valence-electron chi connectivity index (χ4n) is 4.48. The smallest absolute Gasteiger partial charge is 0.265 e. The Labute approximate surface area is 206 Å². The van der Waals surface area contributed by atoms with Gasteiger partial charge in [-0.2, -0.15) is 0 Å². The number of rotatable bonds is 10. The molecule has 3 aromatic carbocycles. The minimum Gasteiger partial charge on any atom is -0.354 e. The number of benzene rings is 3. The summed E-state index contributed by atoms with van der Waals surface area (Å²) in [5, 5.41) is 4.47. The van der Waals surface area contributed by atoms with Crippen molar-refractivity contribution in [2.24, 2.45) is 0 Å². The van der Waals surface area contributed by atoms with Crippen molar-refractivity contribution in [3.8, 4) is 0 Å². The van der Waals surface area contributed by atoms with Gasteiger partial charge in [-0.25, -0.2) is 8.42 Å². The zero-order valence-electron chi connectivity index (χ0n) is 20.1. The number of anilines is 1. The van der Waals surface area contributed by atoms with Crippen molar-refractivity contribution in [1.29, 1.82) is 0 Å². The van der Waals surface area contributed by atoms with E-state index in [1.54, 1.807) is 30.0 Å². The van der Waals surface area contributed by atoms with Crippen molar-refractivity contribution < 1.29 is 18.0 Å². The van der Waals surface area contributed by atoms with Crippen LogP contribution >= 0.6 is 0 Å². The minimum absolute atomic E-state index is 0.135. The summed E-state index contributed by atoms with van der Waals surface area (Å²) in [5.74, 6) is -0.374. The molecule has 7 nitrogen and oxygen atoms in total. The second kappa shape index (κ2) is 10.5. The molecule has 0 saturated heterocycles. The van der Waals surface area contributed by atoms with E-state index in [4.69, 9.17) is 0 Å². The van der Waals surface area contributed by atoms with Gasteiger partial charge in [-0.05, 0) is 42.8 Å². The van der Waals surface area contributed by atoms with Gasteiger partial charge in [0.15, 0.2) is 0 Å². The lowest BCUT2D eigenvalue weighted by Crippen LogP contribution is -2.47. The van der Waals surface area contributed by atoms with Crippen molar-refractivity contribution >= 4 is 38.3 Å². The van der Waals surface area contributed by atoms with Gasteiger partial charge in [0.2, 0.25) is 11.8 Å². The second-order valence-electron chi connectivity index (χ2n) is 8.79. The Kier molecular flexibility index (Phi) is 7.40. The number of amides is 2. The van der Waals surface area contributed by atoms with Gasteiger partial charge >= 0.3 is 0 Å². The molecule has 1 atom stereocenters. The average Bonchev–Trinajstić information content (AvgIpc) is 3.09. The van der Waals surface area contributed by atoms with E-state index in [2.05, 4.69) is 5.32 Å². The number of sulfonamides is 1. The Morgan fingerprint density at radius 3 is 2.43 bits per heavy atom. The SMILES string of the molecule is CCCNC(=O)C(C)N(Cc1ccccc1)C(=O)CCCN1c2cccc3cccc(c23)S1(=O)=O. The highest BCUT2D eigenvalue weighted by molar-refractivity contribution is 7.93. The Balaban J connectivity index is 1.48. The largest absolute Gasteiger partial charge is 0.354 e. The molecule has 0 aliphatic carbocycles. The topological polar surface area (TPSA) is 86.8 Å². The summed E-state index contributed by atoms with van der Waals surface area (Å²) in [7, 11) is -3.66. The highest BCUT2D eigenvalue weighted by Crippen LogP contribution is 2.42. The first-order chi connectivity index (χ1) is 16.8. The van der Waals surface area contributed by atoms with E-state index in [0.29, 0.717) is 30.1 Å². The molecular weight excluding hydrogens is 462 g/mol. The molecule has 8 heteroatoms. The summed E-state index contributed by atoms with van der Waals surface area (Å²) < 4.78 is 27.8.